The Morgan fingerprint density at radius 2 is 0.875 bits per heavy atom. The average Bonchev–Trinajstić information content (AvgIpc) is 2.06. The molecule has 4 heteroatoms. The first-order chi connectivity index (χ1) is 7.21. The molecule has 0 bridgehead atoms. The zero-order chi connectivity index (χ0) is 12.7. The van der Waals surface area contributed by atoms with Crippen LogP contribution in [0.2, 0.25) is 51.4 Å². The minimum Gasteiger partial charge on any atom is -0.379 e. The van der Waals surface area contributed by atoms with Gasteiger partial charge < -0.3 is 9.47 Å². The van der Waals surface area contributed by atoms with Crippen molar-refractivity contribution in [1.82, 2.24) is 0 Å². The van der Waals surface area contributed by atoms with Crippen molar-refractivity contribution in [2.24, 2.45) is 0 Å². The van der Waals surface area contributed by atoms with Crippen LogP contribution in [0, 0.1) is 0 Å². The van der Waals surface area contributed by atoms with Gasteiger partial charge in [-0.15, -0.1) is 0 Å². The van der Waals surface area contributed by atoms with Crippen LogP contribution in [0.3, 0.4) is 0 Å². The molecule has 98 valence electrons. The van der Waals surface area contributed by atoms with E-state index in [4.69, 9.17) is 9.47 Å². The molecule has 0 rings (SSSR count). The third-order valence-corrected chi connectivity index (χ3v) is 5.77. The van der Waals surface area contributed by atoms with E-state index in [9.17, 15) is 0 Å². The molecule has 0 aromatic heterocycles. The number of hydrogen-bond donors (Lipinski definition) is 0. The van der Waals surface area contributed by atoms with E-state index in [1.165, 1.54) is 12.1 Å². The first-order valence-electron chi connectivity index (χ1n) is 6.36. The van der Waals surface area contributed by atoms with Crippen molar-refractivity contribution in [2.45, 2.75) is 51.4 Å². The molecule has 0 amide bonds. The Hall–Kier alpha value is 0.354. The standard InChI is InChI=1S/C12H30O2Si2/c1-15(2,3)11-9-13-7-8-14-10-12-16(4,5)6/h7-12H2,1-6H3. The van der Waals surface area contributed by atoms with Crippen molar-refractivity contribution in [3.63, 3.8) is 0 Å². The van der Waals surface area contributed by atoms with Crippen LogP contribution >= 0.6 is 0 Å². The van der Waals surface area contributed by atoms with E-state index in [0.29, 0.717) is 0 Å². The second kappa shape index (κ2) is 7.64. The van der Waals surface area contributed by atoms with Crippen LogP contribution in [-0.4, -0.2) is 42.6 Å². The van der Waals surface area contributed by atoms with Gasteiger partial charge in [0, 0.05) is 29.4 Å². The van der Waals surface area contributed by atoms with E-state index < -0.39 is 16.1 Å². The lowest BCUT2D eigenvalue weighted by Gasteiger charge is -2.16. The van der Waals surface area contributed by atoms with Crippen molar-refractivity contribution in [1.29, 1.82) is 0 Å². The molecule has 0 aromatic rings. The van der Waals surface area contributed by atoms with Crippen LogP contribution in [0.25, 0.3) is 0 Å². The molecule has 0 aliphatic carbocycles. The maximum atomic E-state index is 5.56. The normalized spacial score (nSPS) is 13.1. The highest BCUT2D eigenvalue weighted by Gasteiger charge is 2.12. The summed E-state index contributed by atoms with van der Waals surface area (Å²) in [7, 11) is -1.84. The van der Waals surface area contributed by atoms with Crippen molar-refractivity contribution in [3.8, 4) is 0 Å². The first-order valence-corrected chi connectivity index (χ1v) is 13.8. The van der Waals surface area contributed by atoms with E-state index in [1.54, 1.807) is 0 Å². The Balaban J connectivity index is 3.17. The van der Waals surface area contributed by atoms with E-state index in [-0.39, 0.29) is 0 Å². The Morgan fingerprint density at radius 3 is 1.12 bits per heavy atom. The van der Waals surface area contributed by atoms with Gasteiger partial charge in [0.05, 0.1) is 13.2 Å². The summed E-state index contributed by atoms with van der Waals surface area (Å²) in [6.45, 7) is 17.6. The summed E-state index contributed by atoms with van der Waals surface area (Å²) in [5.41, 5.74) is 0. The summed E-state index contributed by atoms with van der Waals surface area (Å²) in [5, 5.41) is 0. The van der Waals surface area contributed by atoms with E-state index >= 15 is 0 Å². The molecule has 0 aliphatic heterocycles. The van der Waals surface area contributed by atoms with Crippen LogP contribution in [-0.2, 0) is 9.47 Å². The molecular formula is C12H30O2Si2. The molecule has 0 fully saturated rings. The van der Waals surface area contributed by atoms with Gasteiger partial charge in [-0.2, -0.15) is 0 Å². The second-order valence-corrected chi connectivity index (χ2v) is 18.1. The Bertz CT molecular complexity index is 151. The van der Waals surface area contributed by atoms with Gasteiger partial charge in [0.1, 0.15) is 0 Å². The van der Waals surface area contributed by atoms with Crippen LogP contribution in [0.4, 0.5) is 0 Å². The maximum Gasteiger partial charge on any atom is 0.0700 e. The lowest BCUT2D eigenvalue weighted by molar-refractivity contribution is 0.0578. The third-order valence-electron chi connectivity index (χ3n) is 2.36. The zero-order valence-corrected chi connectivity index (χ0v) is 14.1. The summed E-state index contributed by atoms with van der Waals surface area (Å²) in [4.78, 5) is 0. The minimum atomic E-state index is -0.918. The summed E-state index contributed by atoms with van der Waals surface area (Å²) < 4.78 is 11.1. The number of hydrogen-bond acceptors (Lipinski definition) is 2. The van der Waals surface area contributed by atoms with Crippen molar-refractivity contribution in [3.05, 3.63) is 0 Å². The van der Waals surface area contributed by atoms with Gasteiger partial charge in [0.2, 0.25) is 0 Å². The molecule has 0 saturated carbocycles. The van der Waals surface area contributed by atoms with Crippen molar-refractivity contribution < 1.29 is 9.47 Å². The summed E-state index contributed by atoms with van der Waals surface area (Å²) in [6, 6.07) is 2.50. The Labute approximate surface area is 104 Å². The highest BCUT2D eigenvalue weighted by molar-refractivity contribution is 6.76. The van der Waals surface area contributed by atoms with Gasteiger partial charge in [-0.05, 0) is 12.1 Å². The molecule has 0 radical (unpaired) electrons. The summed E-state index contributed by atoms with van der Waals surface area (Å²) in [5.74, 6) is 0. The van der Waals surface area contributed by atoms with Crippen molar-refractivity contribution in [2.75, 3.05) is 26.4 Å². The van der Waals surface area contributed by atoms with Gasteiger partial charge >= 0.3 is 0 Å². The zero-order valence-electron chi connectivity index (χ0n) is 12.1. The molecule has 0 heterocycles. The van der Waals surface area contributed by atoms with Crippen LogP contribution in [0.1, 0.15) is 0 Å². The molecule has 2 nitrogen and oxygen atoms in total. The minimum absolute atomic E-state index is 0.760. The largest absolute Gasteiger partial charge is 0.379 e. The summed E-state index contributed by atoms with van der Waals surface area (Å²) in [6.07, 6.45) is 0. The fourth-order valence-corrected chi connectivity index (χ4v) is 2.59. The van der Waals surface area contributed by atoms with Crippen LogP contribution in [0.15, 0.2) is 0 Å². The molecule has 0 N–H and O–H groups in total. The van der Waals surface area contributed by atoms with Gasteiger partial charge in [-0.3, -0.25) is 0 Å². The highest BCUT2D eigenvalue weighted by Crippen LogP contribution is 2.08. The molecule has 0 unspecified atom stereocenters. The van der Waals surface area contributed by atoms with Gasteiger partial charge in [0.25, 0.3) is 0 Å². The number of ether oxygens (including phenoxy) is 2. The predicted octanol–water partition coefficient (Wildman–Crippen LogP) is 3.70. The Kier molecular flexibility index (Phi) is 7.80. The summed E-state index contributed by atoms with van der Waals surface area (Å²) >= 11 is 0. The molecule has 0 aromatic carbocycles. The maximum absolute atomic E-state index is 5.56. The number of rotatable bonds is 9. The monoisotopic (exact) mass is 262 g/mol. The van der Waals surface area contributed by atoms with Gasteiger partial charge in [-0.1, -0.05) is 39.3 Å². The topological polar surface area (TPSA) is 18.5 Å². The quantitative estimate of drug-likeness (QED) is 0.466. The Morgan fingerprint density at radius 1 is 0.562 bits per heavy atom. The van der Waals surface area contributed by atoms with Gasteiger partial charge in [-0.25, -0.2) is 0 Å². The van der Waals surface area contributed by atoms with E-state index in [0.717, 1.165) is 26.4 Å². The molecule has 0 spiro atoms. The third kappa shape index (κ3) is 14.4. The lowest BCUT2D eigenvalue weighted by Crippen LogP contribution is -2.23. The molecular weight excluding hydrogens is 232 g/mol. The fourth-order valence-electron chi connectivity index (χ4n) is 1.08. The average molecular weight is 263 g/mol. The molecule has 0 aliphatic rings. The predicted molar refractivity (Wildman–Crippen MR) is 77.9 cm³/mol. The fraction of sp³-hybridized carbons (Fsp3) is 1.00. The SMILES string of the molecule is C[Si](C)(C)CCOCCOCC[Si](C)(C)C. The highest BCUT2D eigenvalue weighted by atomic mass is 28.3. The molecule has 0 saturated heterocycles. The smallest absolute Gasteiger partial charge is 0.0700 e. The molecule has 16 heavy (non-hydrogen) atoms. The van der Waals surface area contributed by atoms with E-state index in [2.05, 4.69) is 39.3 Å². The van der Waals surface area contributed by atoms with E-state index in [1.807, 2.05) is 0 Å². The van der Waals surface area contributed by atoms with Crippen molar-refractivity contribution >= 4 is 16.1 Å². The first kappa shape index (κ1) is 16.4. The van der Waals surface area contributed by atoms with Gasteiger partial charge in [0.15, 0.2) is 0 Å². The second-order valence-electron chi connectivity index (χ2n) is 6.85. The lowest BCUT2D eigenvalue weighted by atomic mass is 10.7. The van der Waals surface area contributed by atoms with Crippen LogP contribution in [0.5, 0.6) is 0 Å². The van der Waals surface area contributed by atoms with Crippen LogP contribution < -0.4 is 0 Å². The molecule has 0 atom stereocenters.